The van der Waals surface area contributed by atoms with Crippen LogP contribution in [0.2, 0.25) is 0 Å². The van der Waals surface area contributed by atoms with Crippen molar-refractivity contribution in [2.75, 3.05) is 24.5 Å². The molecule has 2 rings (SSSR count). The van der Waals surface area contributed by atoms with Crippen LogP contribution in [0.25, 0.3) is 0 Å². The lowest BCUT2D eigenvalue weighted by molar-refractivity contribution is 0.279. The van der Waals surface area contributed by atoms with Crippen LogP contribution in [0, 0.1) is 5.41 Å². The third-order valence-electron chi connectivity index (χ3n) is 4.36. The van der Waals surface area contributed by atoms with Gasteiger partial charge in [0.05, 0.1) is 5.69 Å². The van der Waals surface area contributed by atoms with Gasteiger partial charge < -0.3 is 10.2 Å². The van der Waals surface area contributed by atoms with Crippen LogP contribution in [0.5, 0.6) is 0 Å². The first-order chi connectivity index (χ1) is 9.93. The third-order valence-corrected chi connectivity index (χ3v) is 5.49. The van der Waals surface area contributed by atoms with E-state index in [1.165, 1.54) is 35.0 Å². The molecule has 0 spiro atoms. The fraction of sp³-hybridized carbons (Fsp3) is 0.824. The molecule has 0 radical (unpaired) electrons. The first-order valence-electron chi connectivity index (χ1n) is 8.38. The molecule has 3 nitrogen and oxygen atoms in total. The lowest BCUT2D eigenvalue weighted by Gasteiger charge is -2.36. The summed E-state index contributed by atoms with van der Waals surface area (Å²) in [7, 11) is 0. The van der Waals surface area contributed by atoms with Crippen LogP contribution in [-0.4, -0.2) is 24.6 Å². The summed E-state index contributed by atoms with van der Waals surface area (Å²) < 4.78 is 0. The predicted molar refractivity (Wildman–Crippen MR) is 93.4 cm³/mol. The highest BCUT2D eigenvalue weighted by Crippen LogP contribution is 2.36. The zero-order valence-electron chi connectivity index (χ0n) is 14.3. The Morgan fingerprint density at radius 2 is 1.95 bits per heavy atom. The van der Waals surface area contributed by atoms with Crippen LogP contribution >= 0.6 is 11.3 Å². The number of hydrogen-bond donors (Lipinski definition) is 1. The molecular formula is C17H31N3S. The van der Waals surface area contributed by atoms with Crippen LogP contribution in [0.3, 0.4) is 0 Å². The van der Waals surface area contributed by atoms with Gasteiger partial charge in [-0.25, -0.2) is 4.98 Å². The Morgan fingerprint density at radius 3 is 2.52 bits per heavy atom. The molecule has 0 aromatic carbocycles. The van der Waals surface area contributed by atoms with E-state index in [-0.39, 0.29) is 0 Å². The van der Waals surface area contributed by atoms with Crippen molar-refractivity contribution in [1.29, 1.82) is 0 Å². The van der Waals surface area contributed by atoms with Gasteiger partial charge in [-0.05, 0) is 37.1 Å². The number of anilines is 1. The maximum Gasteiger partial charge on any atom is 0.185 e. The van der Waals surface area contributed by atoms with Gasteiger partial charge in [0, 0.05) is 24.5 Å². The Kier molecular flexibility index (Phi) is 5.67. The van der Waals surface area contributed by atoms with Crippen LogP contribution in [0.1, 0.15) is 70.4 Å². The van der Waals surface area contributed by atoms with Crippen molar-refractivity contribution >= 4 is 16.5 Å². The van der Waals surface area contributed by atoms with Gasteiger partial charge in [0.2, 0.25) is 0 Å². The van der Waals surface area contributed by atoms with Crippen LogP contribution in [-0.2, 0) is 6.54 Å². The highest BCUT2D eigenvalue weighted by atomic mass is 32.1. The van der Waals surface area contributed by atoms with Crippen molar-refractivity contribution in [2.24, 2.45) is 5.41 Å². The number of rotatable bonds is 6. The molecule has 0 bridgehead atoms. The van der Waals surface area contributed by atoms with E-state index in [0.717, 1.165) is 26.2 Å². The summed E-state index contributed by atoms with van der Waals surface area (Å²) in [5.74, 6) is 0.509. The molecule has 2 heterocycles. The van der Waals surface area contributed by atoms with Crippen molar-refractivity contribution in [3.63, 3.8) is 0 Å². The van der Waals surface area contributed by atoms with E-state index in [1.807, 2.05) is 11.3 Å². The molecule has 0 aliphatic carbocycles. The number of piperidine rings is 1. The molecule has 21 heavy (non-hydrogen) atoms. The lowest BCUT2D eigenvalue weighted by atomic mass is 9.83. The van der Waals surface area contributed by atoms with E-state index in [2.05, 4.69) is 44.8 Å². The fourth-order valence-electron chi connectivity index (χ4n) is 2.75. The van der Waals surface area contributed by atoms with E-state index in [4.69, 9.17) is 4.98 Å². The molecule has 1 aliphatic rings. The second-order valence-electron chi connectivity index (χ2n) is 7.29. The Balaban J connectivity index is 2.08. The number of nitrogens with zero attached hydrogens (tertiary/aromatic N) is 2. The van der Waals surface area contributed by atoms with Crippen molar-refractivity contribution in [1.82, 2.24) is 10.3 Å². The molecule has 0 atom stereocenters. The minimum Gasteiger partial charge on any atom is -0.348 e. The Bertz CT molecular complexity index is 441. The first kappa shape index (κ1) is 16.8. The molecule has 1 aromatic rings. The summed E-state index contributed by atoms with van der Waals surface area (Å²) in [6.45, 7) is 15.8. The predicted octanol–water partition coefficient (Wildman–Crippen LogP) is 4.39. The number of aromatic nitrogens is 1. The van der Waals surface area contributed by atoms with Crippen molar-refractivity contribution < 1.29 is 0 Å². The Labute approximate surface area is 134 Å². The maximum absolute atomic E-state index is 4.96. The van der Waals surface area contributed by atoms with Crippen LogP contribution in [0.4, 0.5) is 5.13 Å². The molecule has 0 amide bonds. The van der Waals surface area contributed by atoms with Gasteiger partial charge in [-0.2, -0.15) is 0 Å². The summed E-state index contributed by atoms with van der Waals surface area (Å²) >= 11 is 1.90. The molecule has 120 valence electrons. The zero-order chi connectivity index (χ0) is 15.5. The van der Waals surface area contributed by atoms with Gasteiger partial charge in [-0.15, -0.1) is 11.3 Å². The van der Waals surface area contributed by atoms with Gasteiger partial charge >= 0.3 is 0 Å². The van der Waals surface area contributed by atoms with Gasteiger partial charge in [-0.3, -0.25) is 0 Å². The van der Waals surface area contributed by atoms with Crippen molar-refractivity contribution in [2.45, 2.75) is 66.3 Å². The summed E-state index contributed by atoms with van der Waals surface area (Å²) in [5, 5.41) is 4.77. The minimum atomic E-state index is 0.500. The number of nitrogens with one attached hydrogen (secondary N) is 1. The van der Waals surface area contributed by atoms with E-state index in [9.17, 15) is 0 Å². The zero-order valence-corrected chi connectivity index (χ0v) is 15.1. The number of thiazole rings is 1. The highest BCUT2D eigenvalue weighted by Gasteiger charge is 2.27. The second kappa shape index (κ2) is 7.10. The molecule has 1 saturated heterocycles. The average Bonchev–Trinajstić information content (AvgIpc) is 2.83. The van der Waals surface area contributed by atoms with E-state index < -0.39 is 0 Å². The molecule has 4 heteroatoms. The van der Waals surface area contributed by atoms with Gasteiger partial charge in [0.25, 0.3) is 0 Å². The molecule has 1 aliphatic heterocycles. The standard InChI is InChI=1S/C17H31N3S/c1-6-9-18-12-14-15(13(2)3)19-16(21-14)20-10-7-17(4,5)8-11-20/h13,18H,6-12H2,1-5H3. The van der Waals surface area contributed by atoms with Gasteiger partial charge in [-0.1, -0.05) is 34.6 Å². The number of hydrogen-bond acceptors (Lipinski definition) is 4. The maximum atomic E-state index is 4.96. The van der Waals surface area contributed by atoms with E-state index in [1.54, 1.807) is 0 Å². The third kappa shape index (κ3) is 4.43. The molecule has 0 saturated carbocycles. The first-order valence-corrected chi connectivity index (χ1v) is 9.20. The summed E-state index contributed by atoms with van der Waals surface area (Å²) in [5.41, 5.74) is 1.79. The smallest absolute Gasteiger partial charge is 0.185 e. The summed E-state index contributed by atoms with van der Waals surface area (Å²) in [6.07, 6.45) is 3.73. The largest absolute Gasteiger partial charge is 0.348 e. The van der Waals surface area contributed by atoms with Crippen LogP contribution in [0.15, 0.2) is 0 Å². The van der Waals surface area contributed by atoms with Crippen LogP contribution < -0.4 is 10.2 Å². The van der Waals surface area contributed by atoms with Gasteiger partial charge in [0.1, 0.15) is 0 Å². The lowest BCUT2D eigenvalue weighted by Crippen LogP contribution is -2.37. The SMILES string of the molecule is CCCNCc1sc(N2CCC(C)(C)CC2)nc1C(C)C. The quantitative estimate of drug-likeness (QED) is 0.790. The molecule has 1 N–H and O–H groups in total. The fourth-order valence-corrected chi connectivity index (χ4v) is 3.98. The Morgan fingerprint density at radius 1 is 1.29 bits per heavy atom. The van der Waals surface area contributed by atoms with Crippen molar-refractivity contribution in [3.8, 4) is 0 Å². The van der Waals surface area contributed by atoms with Gasteiger partial charge in [0.15, 0.2) is 5.13 Å². The normalized spacial score (nSPS) is 18.5. The minimum absolute atomic E-state index is 0.500. The molecular weight excluding hydrogens is 278 g/mol. The molecule has 0 unspecified atom stereocenters. The summed E-state index contributed by atoms with van der Waals surface area (Å²) in [4.78, 5) is 8.88. The highest BCUT2D eigenvalue weighted by molar-refractivity contribution is 7.15. The average molecular weight is 310 g/mol. The second-order valence-corrected chi connectivity index (χ2v) is 8.35. The molecule has 1 fully saturated rings. The molecule has 1 aromatic heterocycles. The monoisotopic (exact) mass is 309 g/mol. The topological polar surface area (TPSA) is 28.2 Å². The van der Waals surface area contributed by atoms with E-state index in [0.29, 0.717) is 11.3 Å². The van der Waals surface area contributed by atoms with E-state index >= 15 is 0 Å². The summed E-state index contributed by atoms with van der Waals surface area (Å²) in [6, 6.07) is 0. The van der Waals surface area contributed by atoms with Crippen molar-refractivity contribution in [3.05, 3.63) is 10.6 Å². The Hall–Kier alpha value is -0.610.